The van der Waals surface area contributed by atoms with Gasteiger partial charge in [0.2, 0.25) is 5.95 Å². The Morgan fingerprint density at radius 3 is 2.59 bits per heavy atom. The van der Waals surface area contributed by atoms with Gasteiger partial charge in [0.05, 0.1) is 27.7 Å². The number of fused-ring (bicyclic) bond motifs is 1. The second-order valence-corrected chi connectivity index (χ2v) is 11.0. The lowest BCUT2D eigenvalue weighted by molar-refractivity contribution is 0.0186. The molecule has 206 valence electrons. The van der Waals surface area contributed by atoms with Gasteiger partial charge in [-0.2, -0.15) is 10.2 Å². The molecule has 1 aliphatic rings. The molecule has 0 bridgehead atoms. The number of benzene rings is 1. The van der Waals surface area contributed by atoms with Gasteiger partial charge in [0.25, 0.3) is 5.56 Å². The predicted molar refractivity (Wildman–Crippen MR) is 150 cm³/mol. The number of nitrogens with one attached hydrogen (secondary N) is 1. The number of hydrogen-bond donors (Lipinski definition) is 2. The van der Waals surface area contributed by atoms with Gasteiger partial charge in [-0.15, -0.1) is 0 Å². The van der Waals surface area contributed by atoms with Crippen molar-refractivity contribution in [3.63, 3.8) is 0 Å². The third kappa shape index (κ3) is 5.91. The Labute approximate surface area is 232 Å². The van der Waals surface area contributed by atoms with Crippen molar-refractivity contribution in [1.82, 2.24) is 24.4 Å². The number of carbonyl (C=O) groups is 1. The zero-order chi connectivity index (χ0) is 28.5. The number of nitrogens with two attached hydrogens (primary N) is 1. The molecule has 1 aromatic carbocycles. The number of aryl methyl sites for hydroxylation is 1. The van der Waals surface area contributed by atoms with Gasteiger partial charge in [-0.1, -0.05) is 24.6 Å². The number of anilines is 2. The summed E-state index contributed by atoms with van der Waals surface area (Å²) in [5.74, 6) is 0.807. The Balaban J connectivity index is 1.77. The largest absolute Gasteiger partial charge is 0.444 e. The van der Waals surface area contributed by atoms with Gasteiger partial charge in [0, 0.05) is 19.1 Å². The number of likely N-dealkylation sites (tertiary alicyclic amines) is 1. The Hall–Kier alpha value is -3.91. The van der Waals surface area contributed by atoms with Crippen LogP contribution in [0.3, 0.4) is 0 Å². The minimum absolute atomic E-state index is 0.0361. The Morgan fingerprint density at radius 2 is 1.97 bits per heavy atom. The number of nitriles is 1. The zero-order valence-electron chi connectivity index (χ0n) is 22.8. The van der Waals surface area contributed by atoms with Crippen LogP contribution in [0.15, 0.2) is 23.0 Å². The van der Waals surface area contributed by atoms with Gasteiger partial charge in [0.15, 0.2) is 0 Å². The normalized spacial score (nSPS) is 15.2. The van der Waals surface area contributed by atoms with Crippen molar-refractivity contribution in [1.29, 1.82) is 5.26 Å². The Kier molecular flexibility index (Phi) is 7.97. The van der Waals surface area contributed by atoms with E-state index in [9.17, 15) is 14.9 Å². The van der Waals surface area contributed by atoms with Crippen LogP contribution >= 0.6 is 11.6 Å². The number of hydrogen-bond acceptors (Lipinski definition) is 9. The summed E-state index contributed by atoms with van der Waals surface area (Å²) in [6.07, 6.45) is 1.22. The average Bonchev–Trinajstić information content (AvgIpc) is 2.86. The van der Waals surface area contributed by atoms with E-state index in [1.807, 2.05) is 27.7 Å². The molecule has 1 aliphatic heterocycles. The van der Waals surface area contributed by atoms with Crippen molar-refractivity contribution in [2.24, 2.45) is 0 Å². The molecular weight excluding hydrogens is 520 g/mol. The molecule has 1 fully saturated rings. The van der Waals surface area contributed by atoms with E-state index in [-0.39, 0.29) is 35.0 Å². The number of carbonyl (C=O) groups excluding carboxylic acids is 1. The summed E-state index contributed by atoms with van der Waals surface area (Å²) in [7, 11) is 0. The van der Waals surface area contributed by atoms with Gasteiger partial charge >= 0.3 is 6.09 Å². The predicted octanol–water partition coefficient (Wildman–Crippen LogP) is 4.74. The molecule has 0 unspecified atom stereocenters. The molecular formula is C27H33ClN8O3. The smallest absolute Gasteiger partial charge is 0.410 e. The highest BCUT2D eigenvalue weighted by Crippen LogP contribution is 2.31. The van der Waals surface area contributed by atoms with E-state index >= 15 is 0 Å². The molecule has 0 radical (unpaired) electrons. The standard InChI is InChI=1S/C27H33ClN8O3/c1-6-19(32-22-17(14-29)15(2)31-25(30)34-22)23-33-20-9-7-8-18(28)21(20)24(37)36(23)16-10-12-35(13-11-16)26(38)39-27(3,4)5/h7-9,16,19H,6,10-13H2,1-5H3,(H3,30,31,32,34)/t19-/m0/s1. The summed E-state index contributed by atoms with van der Waals surface area (Å²) in [4.78, 5) is 41.5. The molecule has 3 N–H and O–H groups in total. The monoisotopic (exact) mass is 552 g/mol. The molecule has 0 spiro atoms. The van der Waals surface area contributed by atoms with Gasteiger partial charge < -0.3 is 20.7 Å². The SMILES string of the molecule is CC[C@H](Nc1nc(N)nc(C)c1C#N)c1nc2cccc(Cl)c2c(=O)n1C1CCN(C(=O)OC(C)(C)C)CC1. The fourth-order valence-corrected chi connectivity index (χ4v) is 5.05. The van der Waals surface area contributed by atoms with Crippen molar-refractivity contribution in [3.05, 3.63) is 50.7 Å². The summed E-state index contributed by atoms with van der Waals surface area (Å²) in [6, 6.07) is 6.59. The van der Waals surface area contributed by atoms with Crippen LogP contribution in [-0.4, -0.2) is 49.2 Å². The lowest BCUT2D eigenvalue weighted by Crippen LogP contribution is -2.44. The summed E-state index contributed by atoms with van der Waals surface area (Å²) >= 11 is 6.46. The minimum Gasteiger partial charge on any atom is -0.444 e. The van der Waals surface area contributed by atoms with Crippen LogP contribution in [0.2, 0.25) is 5.02 Å². The van der Waals surface area contributed by atoms with E-state index in [0.29, 0.717) is 59.8 Å². The van der Waals surface area contributed by atoms with E-state index in [0.717, 1.165) is 0 Å². The van der Waals surface area contributed by atoms with Gasteiger partial charge in [0.1, 0.15) is 28.9 Å². The molecule has 1 amide bonds. The minimum atomic E-state index is -0.595. The van der Waals surface area contributed by atoms with Gasteiger partial charge in [-0.25, -0.2) is 14.8 Å². The van der Waals surface area contributed by atoms with Crippen molar-refractivity contribution in [2.75, 3.05) is 24.1 Å². The average molecular weight is 553 g/mol. The molecule has 3 aromatic rings. The molecule has 1 atom stereocenters. The lowest BCUT2D eigenvalue weighted by Gasteiger charge is -2.35. The van der Waals surface area contributed by atoms with Crippen LogP contribution in [-0.2, 0) is 4.74 Å². The van der Waals surface area contributed by atoms with Crippen LogP contribution in [0.5, 0.6) is 0 Å². The summed E-state index contributed by atoms with van der Waals surface area (Å²) in [5.41, 5.74) is 6.22. The molecule has 0 aliphatic carbocycles. The van der Waals surface area contributed by atoms with Crippen LogP contribution < -0.4 is 16.6 Å². The number of halogens is 1. The molecule has 0 saturated carbocycles. The highest BCUT2D eigenvalue weighted by Gasteiger charge is 2.31. The number of nitrogen functional groups attached to an aromatic ring is 1. The fourth-order valence-electron chi connectivity index (χ4n) is 4.80. The van der Waals surface area contributed by atoms with Crippen LogP contribution in [0.1, 0.15) is 76.1 Å². The number of aromatic nitrogens is 4. The van der Waals surface area contributed by atoms with E-state index in [4.69, 9.17) is 27.1 Å². The molecule has 2 aromatic heterocycles. The number of rotatable bonds is 5. The lowest BCUT2D eigenvalue weighted by atomic mass is 10.0. The zero-order valence-corrected chi connectivity index (χ0v) is 23.5. The third-order valence-electron chi connectivity index (χ3n) is 6.64. The Morgan fingerprint density at radius 1 is 1.28 bits per heavy atom. The summed E-state index contributed by atoms with van der Waals surface area (Å²) in [5, 5.41) is 13.7. The third-order valence-corrected chi connectivity index (χ3v) is 6.95. The van der Waals surface area contributed by atoms with Crippen LogP contribution in [0, 0.1) is 18.3 Å². The van der Waals surface area contributed by atoms with Crippen molar-refractivity contribution >= 4 is 40.4 Å². The summed E-state index contributed by atoms with van der Waals surface area (Å²) < 4.78 is 7.22. The first-order valence-electron chi connectivity index (χ1n) is 12.9. The van der Waals surface area contributed by atoms with Gasteiger partial charge in [-0.3, -0.25) is 9.36 Å². The van der Waals surface area contributed by atoms with E-state index < -0.39 is 11.6 Å². The van der Waals surface area contributed by atoms with E-state index in [1.54, 1.807) is 34.6 Å². The fraction of sp³-hybridized carbons (Fsp3) is 0.481. The number of piperidine rings is 1. The van der Waals surface area contributed by atoms with E-state index in [1.165, 1.54) is 0 Å². The van der Waals surface area contributed by atoms with Gasteiger partial charge in [-0.05, 0) is 59.1 Å². The molecule has 1 saturated heterocycles. The number of nitrogens with zero attached hydrogens (tertiary/aromatic N) is 6. The number of ether oxygens (including phenoxy) is 1. The topological polar surface area (TPSA) is 152 Å². The van der Waals surface area contributed by atoms with Crippen molar-refractivity contribution in [3.8, 4) is 6.07 Å². The van der Waals surface area contributed by atoms with Crippen molar-refractivity contribution in [2.45, 2.75) is 71.6 Å². The van der Waals surface area contributed by atoms with Crippen LogP contribution in [0.4, 0.5) is 16.6 Å². The second kappa shape index (κ2) is 11.1. The molecule has 12 heteroatoms. The maximum atomic E-state index is 14.0. The molecule has 3 heterocycles. The number of amides is 1. The molecule has 39 heavy (non-hydrogen) atoms. The molecule has 4 rings (SSSR count). The highest BCUT2D eigenvalue weighted by molar-refractivity contribution is 6.35. The second-order valence-electron chi connectivity index (χ2n) is 10.6. The quantitative estimate of drug-likeness (QED) is 0.457. The van der Waals surface area contributed by atoms with Crippen molar-refractivity contribution < 1.29 is 9.53 Å². The highest BCUT2D eigenvalue weighted by atomic mass is 35.5. The first kappa shape index (κ1) is 28.1. The molecule has 11 nitrogen and oxygen atoms in total. The van der Waals surface area contributed by atoms with Crippen LogP contribution in [0.25, 0.3) is 10.9 Å². The maximum absolute atomic E-state index is 14.0. The summed E-state index contributed by atoms with van der Waals surface area (Å²) in [6.45, 7) is 9.98. The first-order chi connectivity index (χ1) is 18.4. The first-order valence-corrected chi connectivity index (χ1v) is 13.3. The van der Waals surface area contributed by atoms with E-state index in [2.05, 4.69) is 21.4 Å². The Bertz CT molecular complexity index is 1500. The maximum Gasteiger partial charge on any atom is 0.410 e.